The van der Waals surface area contributed by atoms with E-state index in [2.05, 4.69) is 0 Å². The second kappa shape index (κ2) is 288. The van der Waals surface area contributed by atoms with Gasteiger partial charge in [0.25, 0.3) is 0 Å². The summed E-state index contributed by atoms with van der Waals surface area (Å²) >= 11 is 0. The van der Waals surface area contributed by atoms with Gasteiger partial charge in [0, 0.05) is 18.6 Å². The van der Waals surface area contributed by atoms with Gasteiger partial charge in [0.1, 0.15) is 0 Å². The van der Waals surface area contributed by atoms with Crippen LogP contribution in [0.5, 0.6) is 0 Å². The molecule has 37 valence electrons. The molecule has 4 nitrogen and oxygen atoms in total. The summed E-state index contributed by atoms with van der Waals surface area (Å²) in [6.07, 6.45) is 0. The van der Waals surface area contributed by atoms with Gasteiger partial charge in [-0.25, -0.2) is 0 Å². The Morgan fingerprint density at radius 3 is 0.600 bits per heavy atom. The van der Waals surface area contributed by atoms with Crippen molar-refractivity contribution < 1.29 is 35.0 Å². The summed E-state index contributed by atoms with van der Waals surface area (Å²) in [4.78, 5) is 0. The van der Waals surface area contributed by atoms with Crippen molar-refractivity contribution in [1.29, 1.82) is 0 Å². The van der Waals surface area contributed by atoms with Crippen LogP contribution in [-0.4, -0.2) is 0 Å². The standard InChI is InChI=1S/H3N.3O.V/h1H3;;;;/q;3*-2;/p+1. The van der Waals surface area contributed by atoms with Crippen LogP contribution in [0.3, 0.4) is 0 Å². The summed E-state index contributed by atoms with van der Waals surface area (Å²) < 4.78 is 0. The predicted molar refractivity (Wildman–Crippen MR) is 8.04 cm³/mol. The summed E-state index contributed by atoms with van der Waals surface area (Å²) in [6.45, 7) is 0. The molecule has 0 aromatic rings. The molecule has 0 unspecified atom stereocenters. The van der Waals surface area contributed by atoms with Crippen LogP contribution in [-0.2, 0) is 35.0 Å². The Labute approximate surface area is 42.0 Å². The maximum Gasteiger partial charge on any atom is 0 e. The molecular formula is H4NO3V-5. The largest absolute Gasteiger partial charge is 2.00 e. The zero-order valence-corrected chi connectivity index (χ0v) is 4.07. The molecule has 0 aliphatic rings. The van der Waals surface area contributed by atoms with E-state index in [1.807, 2.05) is 0 Å². The van der Waals surface area contributed by atoms with E-state index in [-0.39, 0.29) is 41.1 Å². The molecule has 0 aromatic heterocycles. The predicted octanol–water partition coefficient (Wildman–Crippen LogP) is 0.0173. The second-order valence-corrected chi connectivity index (χ2v) is 0. The topological polar surface area (TPSA) is 122 Å². The minimum Gasteiger partial charge on any atom is -2.00 e. The van der Waals surface area contributed by atoms with Crippen molar-refractivity contribution in [2.24, 2.45) is 0 Å². The van der Waals surface area contributed by atoms with Gasteiger partial charge in [-0.3, -0.25) is 0 Å². The molecule has 5 heteroatoms. The molecule has 0 aliphatic heterocycles. The molecule has 0 amide bonds. The van der Waals surface area contributed by atoms with Gasteiger partial charge >= 0.3 is 0 Å². The first-order valence-corrected chi connectivity index (χ1v) is 0. The first-order valence-electron chi connectivity index (χ1n) is 0. The number of quaternary nitrogens is 1. The van der Waals surface area contributed by atoms with Gasteiger partial charge in [-0.15, -0.1) is 0 Å². The zero-order chi connectivity index (χ0) is 0. The van der Waals surface area contributed by atoms with Gasteiger partial charge in [0.05, 0.1) is 0 Å². The van der Waals surface area contributed by atoms with Crippen molar-refractivity contribution in [3.05, 3.63) is 0 Å². The molecule has 0 spiro atoms. The van der Waals surface area contributed by atoms with Crippen LogP contribution in [0, 0.1) is 0 Å². The van der Waals surface area contributed by atoms with E-state index in [1.54, 1.807) is 0 Å². The van der Waals surface area contributed by atoms with Crippen molar-refractivity contribution in [2.75, 3.05) is 0 Å². The molecule has 0 heterocycles. The fourth-order valence-electron chi connectivity index (χ4n) is 0. The molecule has 0 aliphatic carbocycles. The Hall–Kier alpha value is 0.424. The third kappa shape index (κ3) is 144. The maximum atomic E-state index is 0. The molecular weight excluding hydrogens is 113 g/mol. The van der Waals surface area contributed by atoms with Crippen LogP contribution in [0.25, 0.3) is 0 Å². The molecule has 0 aromatic carbocycles. The Morgan fingerprint density at radius 1 is 0.600 bits per heavy atom. The molecule has 1 radical (unpaired) electrons. The van der Waals surface area contributed by atoms with Gasteiger partial charge in [0.2, 0.25) is 0 Å². The van der Waals surface area contributed by atoms with E-state index in [9.17, 15) is 0 Å². The first kappa shape index (κ1) is 589. The first-order chi connectivity index (χ1) is 0. The van der Waals surface area contributed by atoms with Crippen LogP contribution < -0.4 is 6.15 Å². The van der Waals surface area contributed by atoms with Gasteiger partial charge < -0.3 is 22.6 Å². The number of hydrogen-bond acceptors (Lipinski definition) is 0. The number of hydrogen-bond donors (Lipinski definition) is 1. The summed E-state index contributed by atoms with van der Waals surface area (Å²) in [5.74, 6) is 0. The van der Waals surface area contributed by atoms with Crippen molar-refractivity contribution in [1.82, 2.24) is 6.15 Å². The van der Waals surface area contributed by atoms with Gasteiger partial charge in [-0.2, -0.15) is 0 Å². The Morgan fingerprint density at radius 2 is 0.600 bits per heavy atom. The smallest absolute Gasteiger partial charge is 0 e. The van der Waals surface area contributed by atoms with E-state index in [0.717, 1.165) is 0 Å². The average Bonchev–Trinajstić information content (AvgIpc) is 0. The van der Waals surface area contributed by atoms with Crippen molar-refractivity contribution in [3.8, 4) is 0 Å². The second-order valence-electron chi connectivity index (χ2n) is 0. The van der Waals surface area contributed by atoms with E-state index >= 15 is 0 Å². The molecule has 0 saturated carbocycles. The average molecular weight is 117 g/mol. The third-order valence-electron chi connectivity index (χ3n) is 0. The molecule has 0 rings (SSSR count). The summed E-state index contributed by atoms with van der Waals surface area (Å²) in [6, 6.07) is 0. The summed E-state index contributed by atoms with van der Waals surface area (Å²) in [7, 11) is 0. The number of rotatable bonds is 0. The van der Waals surface area contributed by atoms with E-state index in [1.165, 1.54) is 0 Å². The Balaban J connectivity index is 0. The fourth-order valence-corrected chi connectivity index (χ4v) is 0. The fraction of sp³-hybridized carbons (Fsp3) is 0. The maximum absolute atomic E-state index is 0. The minimum absolute atomic E-state index is 0. The van der Waals surface area contributed by atoms with Crippen LogP contribution in [0.15, 0.2) is 0 Å². The molecule has 0 fully saturated rings. The van der Waals surface area contributed by atoms with Crippen LogP contribution >= 0.6 is 0 Å². The summed E-state index contributed by atoms with van der Waals surface area (Å²) in [5.41, 5.74) is 0. The SMILES string of the molecule is [NH4+].[O-2].[O-2].[O-2].[V]. The van der Waals surface area contributed by atoms with Crippen LogP contribution in [0.1, 0.15) is 0 Å². The molecule has 4 N–H and O–H groups in total. The molecule has 0 bridgehead atoms. The van der Waals surface area contributed by atoms with Crippen molar-refractivity contribution in [2.45, 2.75) is 0 Å². The van der Waals surface area contributed by atoms with Gasteiger partial charge in [0.15, 0.2) is 0 Å². The molecule has 0 saturated heterocycles. The van der Waals surface area contributed by atoms with Crippen LogP contribution in [0.2, 0.25) is 0 Å². The normalized spacial score (nSPS) is 0. The quantitative estimate of drug-likeness (QED) is 0.459. The van der Waals surface area contributed by atoms with Crippen molar-refractivity contribution >= 4 is 0 Å². The zero-order valence-electron chi connectivity index (χ0n) is 2.67. The van der Waals surface area contributed by atoms with Gasteiger partial charge in [-0.05, 0) is 0 Å². The van der Waals surface area contributed by atoms with Gasteiger partial charge in [-0.1, -0.05) is 0 Å². The third-order valence-corrected chi connectivity index (χ3v) is 0. The van der Waals surface area contributed by atoms with Crippen molar-refractivity contribution in [3.63, 3.8) is 0 Å². The van der Waals surface area contributed by atoms with E-state index in [0.29, 0.717) is 0 Å². The summed E-state index contributed by atoms with van der Waals surface area (Å²) in [5, 5.41) is 0. The van der Waals surface area contributed by atoms with E-state index < -0.39 is 0 Å². The monoisotopic (exact) mass is 117 g/mol. The molecule has 5 heavy (non-hydrogen) atoms. The minimum atomic E-state index is 0. The molecule has 0 atom stereocenters. The Kier molecular flexibility index (Phi) is 34000. The van der Waals surface area contributed by atoms with E-state index in [4.69, 9.17) is 0 Å². The van der Waals surface area contributed by atoms with Crippen LogP contribution in [0.4, 0.5) is 0 Å². The Bertz CT molecular complexity index is 6.85.